The highest BCUT2D eigenvalue weighted by atomic mass is 32.2. The Morgan fingerprint density at radius 3 is 2.58 bits per heavy atom. The Morgan fingerprint density at radius 2 is 2.11 bits per heavy atom. The van der Waals surface area contributed by atoms with Crippen molar-refractivity contribution < 1.29 is 8.42 Å². The van der Waals surface area contributed by atoms with E-state index >= 15 is 0 Å². The number of hydrogen-bond donors (Lipinski definition) is 2. The molecule has 2 N–H and O–H groups in total. The molecule has 2 aliphatic rings. The molecule has 104 valence electrons. The molecule has 0 spiro atoms. The van der Waals surface area contributed by atoms with Gasteiger partial charge in [-0.25, -0.2) is 13.1 Å². The monoisotopic (exact) mass is 281 g/mol. The van der Waals surface area contributed by atoms with Gasteiger partial charge in [0.15, 0.2) is 0 Å². The summed E-state index contributed by atoms with van der Waals surface area (Å²) in [5.41, 5.74) is 2.01. The van der Waals surface area contributed by atoms with Crippen molar-refractivity contribution >= 4 is 10.0 Å². The normalized spacial score (nSPS) is 21.3. The summed E-state index contributed by atoms with van der Waals surface area (Å²) in [6, 6.07) is 3.94. The molecule has 0 unspecified atom stereocenters. The van der Waals surface area contributed by atoms with Crippen molar-refractivity contribution in [3.63, 3.8) is 0 Å². The fourth-order valence-electron chi connectivity index (χ4n) is 2.25. The van der Waals surface area contributed by atoms with Gasteiger partial charge in [0.25, 0.3) is 0 Å². The minimum absolute atomic E-state index is 0.0616. The summed E-state index contributed by atoms with van der Waals surface area (Å²) in [7, 11) is -1.16. The lowest BCUT2D eigenvalue weighted by molar-refractivity contribution is 0.566. The first kappa shape index (κ1) is 13.0. The third-order valence-electron chi connectivity index (χ3n) is 3.98. The second-order valence-electron chi connectivity index (χ2n) is 5.45. The molecule has 0 saturated heterocycles. The zero-order valence-electron chi connectivity index (χ0n) is 11.0. The zero-order chi connectivity index (χ0) is 13.5. The average Bonchev–Trinajstić information content (AvgIpc) is 3.30. The van der Waals surface area contributed by atoms with Crippen LogP contribution in [0.15, 0.2) is 18.3 Å². The molecule has 2 aliphatic carbocycles. The second-order valence-corrected chi connectivity index (χ2v) is 7.49. The Labute approximate surface area is 113 Å². The number of nitrogens with one attached hydrogen (secondary N) is 2. The van der Waals surface area contributed by atoms with E-state index in [4.69, 9.17) is 0 Å². The van der Waals surface area contributed by atoms with Crippen LogP contribution in [0, 0.1) is 0 Å². The number of pyridine rings is 1. The van der Waals surface area contributed by atoms with E-state index in [1.54, 1.807) is 6.20 Å². The van der Waals surface area contributed by atoms with Crippen LogP contribution >= 0.6 is 0 Å². The molecule has 0 amide bonds. The summed E-state index contributed by atoms with van der Waals surface area (Å²) >= 11 is 0. The largest absolute Gasteiger partial charge is 0.309 e. The van der Waals surface area contributed by atoms with Crippen LogP contribution in [0.1, 0.15) is 36.9 Å². The summed E-state index contributed by atoms with van der Waals surface area (Å²) in [6.45, 7) is 0.332. The first-order valence-electron chi connectivity index (χ1n) is 6.69. The van der Waals surface area contributed by atoms with E-state index < -0.39 is 10.0 Å². The van der Waals surface area contributed by atoms with Gasteiger partial charge in [-0.05, 0) is 44.4 Å². The zero-order valence-corrected chi connectivity index (χ0v) is 11.8. The van der Waals surface area contributed by atoms with Crippen LogP contribution in [0.2, 0.25) is 0 Å². The molecule has 0 radical (unpaired) electrons. The Hall–Kier alpha value is -0.980. The third-order valence-corrected chi connectivity index (χ3v) is 5.88. The molecular formula is C13H19N3O2S. The van der Waals surface area contributed by atoms with E-state index in [-0.39, 0.29) is 10.8 Å². The third kappa shape index (κ3) is 2.66. The first-order valence-corrected chi connectivity index (χ1v) is 8.23. The van der Waals surface area contributed by atoms with Crippen LogP contribution in [0.4, 0.5) is 0 Å². The molecule has 6 heteroatoms. The van der Waals surface area contributed by atoms with Crippen molar-refractivity contribution in [3.05, 3.63) is 29.6 Å². The van der Waals surface area contributed by atoms with Crippen LogP contribution in [0.25, 0.3) is 0 Å². The van der Waals surface area contributed by atoms with E-state index in [0.717, 1.165) is 36.9 Å². The Morgan fingerprint density at radius 1 is 1.37 bits per heavy atom. The fraction of sp³-hybridized carbons (Fsp3) is 0.615. The smallest absolute Gasteiger partial charge is 0.214 e. The minimum Gasteiger partial charge on any atom is -0.309 e. The lowest BCUT2D eigenvalue weighted by Crippen LogP contribution is -2.27. The Balaban J connectivity index is 1.63. The maximum Gasteiger partial charge on any atom is 0.214 e. The van der Waals surface area contributed by atoms with Crippen LogP contribution in [-0.4, -0.2) is 25.7 Å². The van der Waals surface area contributed by atoms with Crippen LogP contribution in [0.5, 0.6) is 0 Å². The molecular weight excluding hydrogens is 262 g/mol. The molecule has 0 aliphatic heterocycles. The maximum absolute atomic E-state index is 11.7. The van der Waals surface area contributed by atoms with E-state index in [0.29, 0.717) is 6.54 Å². The van der Waals surface area contributed by atoms with Gasteiger partial charge in [-0.3, -0.25) is 4.98 Å². The summed E-state index contributed by atoms with van der Waals surface area (Å²) in [6.07, 6.45) is 5.57. The van der Waals surface area contributed by atoms with E-state index in [1.165, 1.54) is 0 Å². The average molecular weight is 281 g/mol. The molecule has 1 aromatic rings. The van der Waals surface area contributed by atoms with E-state index in [1.807, 2.05) is 19.2 Å². The molecule has 1 heterocycles. The summed E-state index contributed by atoms with van der Waals surface area (Å²) in [5.74, 6) is 0. The number of nitrogens with zero attached hydrogens (tertiary/aromatic N) is 1. The van der Waals surface area contributed by atoms with Crippen molar-refractivity contribution in [1.82, 2.24) is 15.0 Å². The molecule has 0 aromatic carbocycles. The van der Waals surface area contributed by atoms with Crippen molar-refractivity contribution in [1.29, 1.82) is 0 Å². The number of sulfonamides is 1. The highest BCUT2D eigenvalue weighted by molar-refractivity contribution is 7.90. The number of hydrogen-bond acceptors (Lipinski definition) is 4. The maximum atomic E-state index is 11.7. The minimum atomic E-state index is -3.11. The number of rotatable bonds is 6. The van der Waals surface area contributed by atoms with Crippen molar-refractivity contribution in [2.75, 3.05) is 7.05 Å². The highest BCUT2D eigenvalue weighted by Crippen LogP contribution is 2.43. The molecule has 0 bridgehead atoms. The predicted molar refractivity (Wildman–Crippen MR) is 73.0 cm³/mol. The lowest BCUT2D eigenvalue weighted by atomic mass is 10.1. The van der Waals surface area contributed by atoms with Crippen LogP contribution in [-0.2, 0) is 22.1 Å². The Kier molecular flexibility index (Phi) is 3.11. The number of aromatic nitrogens is 1. The highest BCUT2D eigenvalue weighted by Gasteiger charge is 2.44. The second kappa shape index (κ2) is 4.54. The van der Waals surface area contributed by atoms with Crippen LogP contribution in [0.3, 0.4) is 0 Å². The van der Waals surface area contributed by atoms with Crippen molar-refractivity contribution in [3.8, 4) is 0 Å². The summed E-state index contributed by atoms with van der Waals surface area (Å²) < 4.78 is 26.1. The molecule has 3 rings (SSSR count). The van der Waals surface area contributed by atoms with Gasteiger partial charge in [0.05, 0.1) is 16.5 Å². The van der Waals surface area contributed by atoms with Gasteiger partial charge in [0, 0.05) is 12.7 Å². The van der Waals surface area contributed by atoms with Gasteiger partial charge in [-0.15, -0.1) is 0 Å². The summed E-state index contributed by atoms with van der Waals surface area (Å²) in [5, 5.41) is 3.13. The van der Waals surface area contributed by atoms with E-state index in [9.17, 15) is 8.42 Å². The molecule has 2 fully saturated rings. The Bertz CT molecular complexity index is 560. The van der Waals surface area contributed by atoms with Gasteiger partial charge < -0.3 is 5.32 Å². The fourth-order valence-corrected chi connectivity index (χ4v) is 3.61. The molecule has 0 atom stereocenters. The molecule has 1 aromatic heterocycles. The topological polar surface area (TPSA) is 71.1 Å². The lowest BCUT2D eigenvalue weighted by Gasteiger charge is -2.13. The SMILES string of the molecule is CNC1(c2ccc(CNS(=O)(=O)C3CC3)cn2)CC1. The summed E-state index contributed by atoms with van der Waals surface area (Å²) in [4.78, 5) is 4.45. The standard InChI is InChI=1S/C13H19N3O2S/c1-14-13(6-7-13)12-5-2-10(8-15-12)9-16-19(17,18)11-3-4-11/h2,5,8,11,14,16H,3-4,6-7,9H2,1H3. The molecule has 2 saturated carbocycles. The van der Waals surface area contributed by atoms with Crippen molar-refractivity contribution in [2.45, 2.75) is 43.0 Å². The first-order chi connectivity index (χ1) is 9.06. The molecule has 19 heavy (non-hydrogen) atoms. The van der Waals surface area contributed by atoms with Gasteiger partial charge >= 0.3 is 0 Å². The van der Waals surface area contributed by atoms with Gasteiger partial charge in [0.1, 0.15) is 0 Å². The van der Waals surface area contributed by atoms with E-state index in [2.05, 4.69) is 15.0 Å². The van der Waals surface area contributed by atoms with Gasteiger partial charge in [-0.2, -0.15) is 0 Å². The van der Waals surface area contributed by atoms with Crippen LogP contribution < -0.4 is 10.0 Å². The predicted octanol–water partition coefficient (Wildman–Crippen LogP) is 0.872. The van der Waals surface area contributed by atoms with Gasteiger partial charge in [0.2, 0.25) is 10.0 Å². The molecule has 5 nitrogen and oxygen atoms in total. The van der Waals surface area contributed by atoms with Gasteiger partial charge in [-0.1, -0.05) is 6.07 Å². The quantitative estimate of drug-likeness (QED) is 0.812. The van der Waals surface area contributed by atoms with Crippen molar-refractivity contribution in [2.24, 2.45) is 0 Å².